The number of hydrogen-bond donors (Lipinski definition) is 0. The molecule has 1 nitrogen and oxygen atoms in total. The van der Waals surface area contributed by atoms with Gasteiger partial charge in [-0.3, -0.25) is 4.98 Å². The van der Waals surface area contributed by atoms with Gasteiger partial charge >= 0.3 is 58.4 Å². The third-order valence-electron chi connectivity index (χ3n) is 1.61. The quantitative estimate of drug-likeness (QED) is 0.641. The molecular formula is C8H8BF3KN. The molecule has 0 aliphatic rings. The van der Waals surface area contributed by atoms with E-state index in [0.717, 1.165) is 0 Å². The molecule has 0 saturated heterocycles. The summed E-state index contributed by atoms with van der Waals surface area (Å²) in [5, 5.41) is 0. The van der Waals surface area contributed by atoms with Gasteiger partial charge in [0.1, 0.15) is 0 Å². The monoisotopic (exact) mass is 225 g/mol. The van der Waals surface area contributed by atoms with Crippen LogP contribution in [0.15, 0.2) is 25.0 Å². The molecule has 1 heterocycles. The van der Waals surface area contributed by atoms with Crippen LogP contribution >= 0.6 is 0 Å². The summed E-state index contributed by atoms with van der Waals surface area (Å²) < 4.78 is 36.2. The standard InChI is InChI=1S/C8H8BF3N.K/c1-2-7-3-4-13-6-8(7)5-9(10,11)12;/h2-4,6H,1,5H2;/q-1;+1. The van der Waals surface area contributed by atoms with E-state index < -0.39 is 13.3 Å². The minimum Gasteiger partial charge on any atom is -0.449 e. The molecule has 1 rings (SSSR count). The van der Waals surface area contributed by atoms with Crippen LogP contribution in [0.4, 0.5) is 12.9 Å². The van der Waals surface area contributed by atoms with Crippen molar-refractivity contribution in [2.75, 3.05) is 0 Å². The summed E-state index contributed by atoms with van der Waals surface area (Å²) in [6, 6.07) is 1.52. The van der Waals surface area contributed by atoms with Crippen molar-refractivity contribution < 1.29 is 64.3 Å². The zero-order chi connectivity index (χ0) is 9.90. The Morgan fingerprint density at radius 2 is 2.07 bits per heavy atom. The van der Waals surface area contributed by atoms with Crippen molar-refractivity contribution in [3.63, 3.8) is 0 Å². The fourth-order valence-electron chi connectivity index (χ4n) is 1.06. The first-order chi connectivity index (χ1) is 6.03. The van der Waals surface area contributed by atoms with E-state index in [9.17, 15) is 12.9 Å². The summed E-state index contributed by atoms with van der Waals surface area (Å²) >= 11 is 0. The van der Waals surface area contributed by atoms with E-state index in [1.165, 1.54) is 24.5 Å². The van der Waals surface area contributed by atoms with Crippen LogP contribution in [0.1, 0.15) is 11.1 Å². The van der Waals surface area contributed by atoms with E-state index in [1.54, 1.807) is 0 Å². The maximum Gasteiger partial charge on any atom is 1.00 e. The maximum atomic E-state index is 12.1. The van der Waals surface area contributed by atoms with E-state index in [4.69, 9.17) is 0 Å². The van der Waals surface area contributed by atoms with Crippen molar-refractivity contribution in [2.45, 2.75) is 6.32 Å². The van der Waals surface area contributed by atoms with E-state index in [0.29, 0.717) is 5.56 Å². The van der Waals surface area contributed by atoms with Crippen molar-refractivity contribution in [1.82, 2.24) is 4.98 Å². The van der Waals surface area contributed by atoms with Gasteiger partial charge in [-0.2, -0.15) is 0 Å². The van der Waals surface area contributed by atoms with Crippen molar-refractivity contribution in [3.8, 4) is 0 Å². The zero-order valence-corrected chi connectivity index (χ0v) is 11.0. The molecule has 70 valence electrons. The molecule has 0 fully saturated rings. The van der Waals surface area contributed by atoms with Gasteiger partial charge in [-0.05, 0) is 17.2 Å². The second kappa shape index (κ2) is 6.07. The zero-order valence-electron chi connectivity index (χ0n) is 7.88. The Morgan fingerprint density at radius 3 is 2.57 bits per heavy atom. The van der Waals surface area contributed by atoms with Crippen LogP contribution in [0.25, 0.3) is 6.08 Å². The molecule has 0 bridgehead atoms. The number of hydrogen-bond acceptors (Lipinski definition) is 1. The number of aromatic nitrogens is 1. The number of nitrogens with zero attached hydrogens (tertiary/aromatic N) is 1. The van der Waals surface area contributed by atoms with Gasteiger partial charge in [0.15, 0.2) is 0 Å². The first-order valence-electron chi connectivity index (χ1n) is 3.79. The molecule has 0 aromatic carbocycles. The van der Waals surface area contributed by atoms with Gasteiger partial charge in [0, 0.05) is 12.4 Å². The Hall–Kier alpha value is 0.381. The SMILES string of the molecule is C=Cc1ccncc1C[B-](F)(F)F.[K+]. The summed E-state index contributed by atoms with van der Waals surface area (Å²) in [6.45, 7) is -1.36. The van der Waals surface area contributed by atoms with E-state index in [1.807, 2.05) is 0 Å². The van der Waals surface area contributed by atoms with Gasteiger partial charge in [-0.25, -0.2) is 0 Å². The largest absolute Gasteiger partial charge is 1.00 e. The molecule has 0 radical (unpaired) electrons. The minimum absolute atomic E-state index is 0. The Labute approximate surface area is 123 Å². The van der Waals surface area contributed by atoms with Gasteiger partial charge in [-0.1, -0.05) is 19.0 Å². The molecule has 14 heavy (non-hydrogen) atoms. The van der Waals surface area contributed by atoms with Crippen molar-refractivity contribution in [1.29, 1.82) is 0 Å². The average Bonchev–Trinajstić information content (AvgIpc) is 2.02. The van der Waals surface area contributed by atoms with Crippen molar-refractivity contribution in [3.05, 3.63) is 36.2 Å². The average molecular weight is 225 g/mol. The van der Waals surface area contributed by atoms with Gasteiger partial charge in [0.05, 0.1) is 0 Å². The fraction of sp³-hybridized carbons (Fsp3) is 0.125. The molecule has 1 aromatic rings. The second-order valence-electron chi connectivity index (χ2n) is 2.69. The molecule has 0 aliphatic heterocycles. The molecule has 0 atom stereocenters. The number of pyridine rings is 1. The van der Waals surface area contributed by atoms with Gasteiger partial charge < -0.3 is 12.9 Å². The van der Waals surface area contributed by atoms with Gasteiger partial charge in [0.2, 0.25) is 0 Å². The molecule has 0 aliphatic carbocycles. The molecule has 0 N–H and O–H groups in total. The summed E-state index contributed by atoms with van der Waals surface area (Å²) in [6.07, 6.45) is 3.18. The summed E-state index contributed by atoms with van der Waals surface area (Å²) in [7, 11) is 0. The summed E-state index contributed by atoms with van der Waals surface area (Å²) in [4.78, 5) is 3.64. The van der Waals surface area contributed by atoms with Gasteiger partial charge in [0.25, 0.3) is 0 Å². The van der Waals surface area contributed by atoms with E-state index >= 15 is 0 Å². The Morgan fingerprint density at radius 1 is 1.43 bits per heavy atom. The maximum absolute atomic E-state index is 12.1. The predicted octanol–water partition coefficient (Wildman–Crippen LogP) is -0.342. The Kier molecular flexibility index (Phi) is 6.24. The van der Waals surface area contributed by atoms with Crippen LogP contribution in [0.2, 0.25) is 0 Å². The molecule has 1 aromatic heterocycles. The summed E-state index contributed by atoms with van der Waals surface area (Å²) in [5.41, 5.74) is 0.680. The minimum atomic E-state index is -4.80. The topological polar surface area (TPSA) is 12.9 Å². The Balaban J connectivity index is 0.00000169. The molecule has 0 spiro atoms. The molecule has 0 saturated carbocycles. The normalized spacial score (nSPS) is 10.5. The van der Waals surface area contributed by atoms with Crippen LogP contribution in [-0.2, 0) is 6.32 Å². The number of halogens is 3. The van der Waals surface area contributed by atoms with Crippen LogP contribution in [-0.4, -0.2) is 12.0 Å². The van der Waals surface area contributed by atoms with E-state index in [-0.39, 0.29) is 56.9 Å². The fourth-order valence-corrected chi connectivity index (χ4v) is 1.06. The second-order valence-corrected chi connectivity index (χ2v) is 2.69. The predicted molar refractivity (Wildman–Crippen MR) is 47.1 cm³/mol. The molecule has 6 heteroatoms. The van der Waals surface area contributed by atoms with Crippen LogP contribution < -0.4 is 51.4 Å². The Bertz CT molecular complexity index is 314. The third kappa shape index (κ3) is 4.75. The van der Waals surface area contributed by atoms with E-state index in [2.05, 4.69) is 11.6 Å². The van der Waals surface area contributed by atoms with Crippen LogP contribution in [0, 0.1) is 0 Å². The van der Waals surface area contributed by atoms with Gasteiger partial charge in [-0.15, -0.1) is 0 Å². The number of rotatable bonds is 3. The van der Waals surface area contributed by atoms with Crippen LogP contribution in [0.5, 0.6) is 0 Å². The molecule has 0 unspecified atom stereocenters. The first kappa shape index (κ1) is 14.4. The smallest absolute Gasteiger partial charge is 0.449 e. The first-order valence-corrected chi connectivity index (χ1v) is 3.79. The van der Waals surface area contributed by atoms with Crippen molar-refractivity contribution >= 4 is 13.1 Å². The van der Waals surface area contributed by atoms with Crippen molar-refractivity contribution in [2.24, 2.45) is 0 Å². The summed E-state index contributed by atoms with van der Waals surface area (Å²) in [5.74, 6) is 0. The third-order valence-corrected chi connectivity index (χ3v) is 1.61. The molecule has 0 amide bonds. The molecular weight excluding hydrogens is 217 g/mol. The van der Waals surface area contributed by atoms with Crippen LogP contribution in [0.3, 0.4) is 0 Å².